The van der Waals surface area contributed by atoms with Crippen molar-refractivity contribution in [3.05, 3.63) is 0 Å². The quantitative estimate of drug-likeness (QED) is 0.689. The molecule has 0 aromatic heterocycles. The monoisotopic (exact) mass is 280 g/mol. The van der Waals surface area contributed by atoms with E-state index in [1.54, 1.807) is 0 Å². The van der Waals surface area contributed by atoms with Crippen molar-refractivity contribution in [1.29, 1.82) is 0 Å². The fourth-order valence-electron chi connectivity index (χ4n) is 2.59. The van der Waals surface area contributed by atoms with Crippen LogP contribution in [0.15, 0.2) is 0 Å². The molecule has 1 saturated carbocycles. The summed E-state index contributed by atoms with van der Waals surface area (Å²) < 4.78 is 39.9. The summed E-state index contributed by atoms with van der Waals surface area (Å²) in [4.78, 5) is 2.57. The van der Waals surface area contributed by atoms with Gasteiger partial charge in [-0.05, 0) is 51.2 Å². The molecular weight excluding hydrogens is 257 g/mol. The van der Waals surface area contributed by atoms with Crippen LogP contribution >= 0.6 is 0 Å². The number of nitrogens with one attached hydrogen (secondary N) is 1. The van der Waals surface area contributed by atoms with Crippen molar-refractivity contribution in [3.63, 3.8) is 0 Å². The van der Waals surface area contributed by atoms with E-state index >= 15 is 0 Å². The average molecular weight is 280 g/mol. The summed E-state index contributed by atoms with van der Waals surface area (Å²) in [7, 11) is 0. The zero-order chi connectivity index (χ0) is 13.7. The number of halogens is 3. The van der Waals surface area contributed by atoms with Gasteiger partial charge < -0.3 is 15.0 Å². The maximum absolute atomic E-state index is 11.8. The number of likely N-dealkylation sites (tertiary alicyclic amines) is 1. The van der Waals surface area contributed by atoms with Crippen LogP contribution in [0.5, 0.6) is 0 Å². The van der Waals surface area contributed by atoms with Crippen molar-refractivity contribution in [2.45, 2.75) is 37.9 Å². The van der Waals surface area contributed by atoms with Gasteiger partial charge in [0.1, 0.15) is 6.61 Å². The third-order valence-corrected chi connectivity index (χ3v) is 3.72. The number of hydrogen-bond acceptors (Lipinski definition) is 3. The zero-order valence-corrected chi connectivity index (χ0v) is 11.2. The molecule has 1 saturated heterocycles. The molecule has 1 atom stereocenters. The lowest BCUT2D eigenvalue weighted by molar-refractivity contribution is -0.173. The Morgan fingerprint density at radius 3 is 2.68 bits per heavy atom. The van der Waals surface area contributed by atoms with Gasteiger partial charge in [-0.25, -0.2) is 0 Å². The van der Waals surface area contributed by atoms with Crippen LogP contribution in [0.1, 0.15) is 25.7 Å². The SMILES string of the molecule is FC(F)(F)COCCCNCC1CCN(C2CC2)C1. The van der Waals surface area contributed by atoms with Gasteiger partial charge in [0.15, 0.2) is 0 Å². The summed E-state index contributed by atoms with van der Waals surface area (Å²) in [6.45, 7) is 3.14. The molecular formula is C13H23F3N2O. The van der Waals surface area contributed by atoms with E-state index in [9.17, 15) is 13.2 Å². The fourth-order valence-corrected chi connectivity index (χ4v) is 2.59. The van der Waals surface area contributed by atoms with Crippen LogP contribution in [0.3, 0.4) is 0 Å². The van der Waals surface area contributed by atoms with Crippen molar-refractivity contribution in [2.75, 3.05) is 39.4 Å². The van der Waals surface area contributed by atoms with Crippen molar-refractivity contribution >= 4 is 0 Å². The van der Waals surface area contributed by atoms with Crippen LogP contribution in [0.25, 0.3) is 0 Å². The fraction of sp³-hybridized carbons (Fsp3) is 1.00. The van der Waals surface area contributed by atoms with E-state index in [-0.39, 0.29) is 6.61 Å². The lowest BCUT2D eigenvalue weighted by Crippen LogP contribution is -2.28. The first-order valence-electron chi connectivity index (χ1n) is 7.14. The number of alkyl halides is 3. The number of rotatable bonds is 8. The summed E-state index contributed by atoms with van der Waals surface area (Å²) >= 11 is 0. The molecule has 112 valence electrons. The highest BCUT2D eigenvalue weighted by Crippen LogP contribution is 2.31. The highest BCUT2D eigenvalue weighted by atomic mass is 19.4. The van der Waals surface area contributed by atoms with Crippen LogP contribution in [0, 0.1) is 5.92 Å². The molecule has 0 aromatic rings. The second-order valence-electron chi connectivity index (χ2n) is 5.61. The summed E-state index contributed by atoms with van der Waals surface area (Å²) in [5, 5.41) is 3.32. The van der Waals surface area contributed by atoms with Gasteiger partial charge in [-0.3, -0.25) is 0 Å². The van der Waals surface area contributed by atoms with Crippen molar-refractivity contribution in [1.82, 2.24) is 10.2 Å². The minimum absolute atomic E-state index is 0.172. The Kier molecular flexibility index (Phi) is 5.47. The molecule has 1 N–H and O–H groups in total. The van der Waals surface area contributed by atoms with Gasteiger partial charge in [-0.1, -0.05) is 0 Å². The van der Waals surface area contributed by atoms with Crippen LogP contribution in [-0.4, -0.2) is 56.5 Å². The van der Waals surface area contributed by atoms with Gasteiger partial charge >= 0.3 is 6.18 Å². The predicted molar refractivity (Wildman–Crippen MR) is 67.1 cm³/mol. The van der Waals surface area contributed by atoms with Crippen molar-refractivity contribution in [3.8, 4) is 0 Å². The van der Waals surface area contributed by atoms with E-state index in [4.69, 9.17) is 0 Å². The Balaban J connectivity index is 1.40. The summed E-state index contributed by atoms with van der Waals surface area (Å²) in [5.41, 5.74) is 0. The third-order valence-electron chi connectivity index (χ3n) is 3.72. The van der Waals surface area contributed by atoms with E-state index < -0.39 is 12.8 Å². The van der Waals surface area contributed by atoms with E-state index in [1.807, 2.05) is 0 Å². The molecule has 0 spiro atoms. The van der Waals surface area contributed by atoms with Gasteiger partial charge in [0.25, 0.3) is 0 Å². The first-order valence-corrected chi connectivity index (χ1v) is 7.14. The van der Waals surface area contributed by atoms with Gasteiger partial charge in [0.2, 0.25) is 0 Å². The highest BCUT2D eigenvalue weighted by molar-refractivity contribution is 4.89. The third kappa shape index (κ3) is 6.10. The van der Waals surface area contributed by atoms with Crippen LogP contribution in [0.4, 0.5) is 13.2 Å². The molecule has 2 fully saturated rings. The Bertz CT molecular complexity index is 269. The number of nitrogens with zero attached hydrogens (tertiary/aromatic N) is 1. The maximum atomic E-state index is 11.8. The zero-order valence-electron chi connectivity index (χ0n) is 11.2. The molecule has 19 heavy (non-hydrogen) atoms. The topological polar surface area (TPSA) is 24.5 Å². The van der Waals surface area contributed by atoms with Crippen LogP contribution in [0.2, 0.25) is 0 Å². The molecule has 2 rings (SSSR count). The first-order chi connectivity index (χ1) is 9.04. The van der Waals surface area contributed by atoms with Crippen LogP contribution in [-0.2, 0) is 4.74 Å². The average Bonchev–Trinajstić information content (AvgIpc) is 3.07. The van der Waals surface area contributed by atoms with Crippen molar-refractivity contribution < 1.29 is 17.9 Å². The lowest BCUT2D eigenvalue weighted by Gasteiger charge is -2.15. The molecule has 1 unspecified atom stereocenters. The first kappa shape index (κ1) is 15.1. The Labute approximate surface area is 112 Å². The van der Waals surface area contributed by atoms with E-state index in [0.717, 1.165) is 19.1 Å². The van der Waals surface area contributed by atoms with Gasteiger partial charge in [-0.15, -0.1) is 0 Å². The Morgan fingerprint density at radius 2 is 2.00 bits per heavy atom. The molecule has 3 nitrogen and oxygen atoms in total. The number of ether oxygens (including phenoxy) is 1. The molecule has 1 aliphatic carbocycles. The molecule has 0 bridgehead atoms. The summed E-state index contributed by atoms with van der Waals surface area (Å²) in [5.74, 6) is 0.705. The molecule has 0 amide bonds. The Hall–Kier alpha value is -0.330. The van der Waals surface area contributed by atoms with E-state index in [2.05, 4.69) is 15.0 Å². The van der Waals surface area contributed by atoms with Gasteiger partial charge in [-0.2, -0.15) is 13.2 Å². The summed E-state index contributed by atoms with van der Waals surface area (Å²) in [6, 6.07) is 0.848. The molecule has 2 aliphatic rings. The second kappa shape index (κ2) is 6.90. The normalized spacial score (nSPS) is 25.1. The predicted octanol–water partition coefficient (Wildman–Crippen LogP) is 2.03. The molecule has 0 aromatic carbocycles. The maximum Gasteiger partial charge on any atom is 0.411 e. The van der Waals surface area contributed by atoms with Gasteiger partial charge in [0, 0.05) is 19.2 Å². The Morgan fingerprint density at radius 1 is 1.21 bits per heavy atom. The minimum Gasteiger partial charge on any atom is -0.372 e. The number of hydrogen-bond donors (Lipinski definition) is 1. The standard InChI is InChI=1S/C13H23F3N2O/c14-13(15,16)10-19-7-1-5-17-8-11-4-6-18(9-11)12-2-3-12/h11-12,17H,1-10H2. The molecule has 1 aliphatic heterocycles. The van der Waals surface area contributed by atoms with Gasteiger partial charge in [0.05, 0.1) is 0 Å². The second-order valence-corrected chi connectivity index (χ2v) is 5.61. The smallest absolute Gasteiger partial charge is 0.372 e. The summed E-state index contributed by atoms with van der Waals surface area (Å²) in [6.07, 6.45) is 0.389. The minimum atomic E-state index is -4.20. The van der Waals surface area contributed by atoms with E-state index in [0.29, 0.717) is 12.3 Å². The van der Waals surface area contributed by atoms with Crippen LogP contribution < -0.4 is 5.32 Å². The molecule has 6 heteroatoms. The van der Waals surface area contributed by atoms with E-state index in [1.165, 1.54) is 32.4 Å². The largest absolute Gasteiger partial charge is 0.411 e. The molecule has 0 radical (unpaired) electrons. The molecule has 1 heterocycles. The highest BCUT2D eigenvalue weighted by Gasteiger charge is 2.33. The lowest BCUT2D eigenvalue weighted by atomic mass is 10.1. The van der Waals surface area contributed by atoms with Crippen molar-refractivity contribution in [2.24, 2.45) is 5.92 Å².